The van der Waals surface area contributed by atoms with E-state index >= 15 is 0 Å². The third-order valence-electron chi connectivity index (χ3n) is 4.14. The first-order valence-electron chi connectivity index (χ1n) is 6.18. The monoisotopic (exact) mass is 237 g/mol. The molecule has 1 aromatic rings. The lowest BCUT2D eigenvalue weighted by molar-refractivity contribution is 0.318. The normalized spacial score (nSPS) is 27.1. The van der Waals surface area contributed by atoms with Crippen molar-refractivity contribution in [3.63, 3.8) is 0 Å². The molecule has 88 valence electrons. The Morgan fingerprint density at radius 3 is 3.12 bits per heavy atom. The Balaban J connectivity index is 1.41. The molecule has 1 aliphatic heterocycles. The van der Waals surface area contributed by atoms with Gasteiger partial charge < -0.3 is 10.6 Å². The van der Waals surface area contributed by atoms with E-state index in [9.17, 15) is 0 Å². The van der Waals surface area contributed by atoms with E-state index in [1.807, 2.05) is 5.51 Å². The molecule has 0 radical (unpaired) electrons. The minimum atomic E-state index is 0.709. The maximum absolute atomic E-state index is 4.28. The van der Waals surface area contributed by atoms with Crippen LogP contribution in [0.3, 0.4) is 0 Å². The average molecular weight is 237 g/mol. The van der Waals surface area contributed by atoms with Gasteiger partial charge >= 0.3 is 0 Å². The summed E-state index contributed by atoms with van der Waals surface area (Å²) >= 11 is 1.68. The maximum atomic E-state index is 4.28. The predicted molar refractivity (Wildman–Crippen MR) is 66.5 cm³/mol. The quantitative estimate of drug-likeness (QED) is 0.835. The molecule has 1 unspecified atom stereocenters. The van der Waals surface area contributed by atoms with Crippen LogP contribution in [0.25, 0.3) is 0 Å². The molecule has 2 fully saturated rings. The fourth-order valence-electron chi connectivity index (χ4n) is 2.96. The molecule has 1 atom stereocenters. The van der Waals surface area contributed by atoms with Crippen LogP contribution in [0.1, 0.15) is 25.0 Å². The first-order chi connectivity index (χ1) is 7.89. The van der Waals surface area contributed by atoms with E-state index in [1.54, 1.807) is 11.3 Å². The summed E-state index contributed by atoms with van der Waals surface area (Å²) in [7, 11) is 0. The van der Waals surface area contributed by atoms with Gasteiger partial charge in [0.25, 0.3) is 0 Å². The lowest BCUT2D eigenvalue weighted by atomic mass is 9.92. The van der Waals surface area contributed by atoms with Crippen LogP contribution in [-0.4, -0.2) is 24.6 Å². The van der Waals surface area contributed by atoms with Gasteiger partial charge in [0.15, 0.2) is 0 Å². The highest BCUT2D eigenvalue weighted by molar-refractivity contribution is 7.07. The van der Waals surface area contributed by atoms with Gasteiger partial charge in [0.1, 0.15) is 0 Å². The van der Waals surface area contributed by atoms with Crippen LogP contribution in [0.5, 0.6) is 0 Å². The molecule has 1 saturated carbocycles. The first-order valence-corrected chi connectivity index (χ1v) is 7.12. The average Bonchev–Trinajstić information content (AvgIpc) is 2.78. The summed E-state index contributed by atoms with van der Waals surface area (Å²) in [4.78, 5) is 4.28. The summed E-state index contributed by atoms with van der Waals surface area (Å²) < 4.78 is 0. The molecule has 0 aromatic carbocycles. The topological polar surface area (TPSA) is 37.0 Å². The summed E-state index contributed by atoms with van der Waals surface area (Å²) in [6, 6.07) is 0. The van der Waals surface area contributed by atoms with E-state index in [0.717, 1.165) is 12.5 Å². The summed E-state index contributed by atoms with van der Waals surface area (Å²) in [5.41, 5.74) is 3.80. The van der Waals surface area contributed by atoms with Crippen LogP contribution in [-0.2, 0) is 6.54 Å². The van der Waals surface area contributed by atoms with Crippen LogP contribution < -0.4 is 10.6 Å². The molecule has 2 aliphatic rings. The van der Waals surface area contributed by atoms with Crippen molar-refractivity contribution in [3.8, 4) is 0 Å². The van der Waals surface area contributed by atoms with E-state index in [2.05, 4.69) is 21.0 Å². The maximum Gasteiger partial charge on any atom is 0.0795 e. The second-order valence-corrected chi connectivity index (χ2v) is 5.84. The Labute approximate surface area is 101 Å². The van der Waals surface area contributed by atoms with E-state index in [4.69, 9.17) is 0 Å². The van der Waals surface area contributed by atoms with Crippen LogP contribution in [0, 0.1) is 11.3 Å². The third kappa shape index (κ3) is 2.14. The largest absolute Gasteiger partial charge is 0.317 e. The minimum Gasteiger partial charge on any atom is -0.317 e. The molecule has 3 nitrogen and oxygen atoms in total. The predicted octanol–water partition coefficient (Wildman–Crippen LogP) is 1.62. The Kier molecular flexibility index (Phi) is 2.96. The number of hydrogen-bond donors (Lipinski definition) is 2. The Bertz CT molecular complexity index is 330. The van der Waals surface area contributed by atoms with Gasteiger partial charge in [-0.15, -0.1) is 11.3 Å². The number of hydrogen-bond acceptors (Lipinski definition) is 4. The zero-order valence-corrected chi connectivity index (χ0v) is 10.4. The number of rotatable bonds is 4. The van der Waals surface area contributed by atoms with Crippen LogP contribution in [0.2, 0.25) is 0 Å². The molecule has 1 saturated heterocycles. The van der Waals surface area contributed by atoms with Crippen molar-refractivity contribution >= 4 is 11.3 Å². The highest BCUT2D eigenvalue weighted by Crippen LogP contribution is 2.58. The van der Waals surface area contributed by atoms with Crippen molar-refractivity contribution < 1.29 is 0 Å². The molecule has 1 spiro atoms. The fraction of sp³-hybridized carbons (Fsp3) is 0.750. The van der Waals surface area contributed by atoms with Crippen LogP contribution in [0.4, 0.5) is 0 Å². The number of aromatic nitrogens is 1. The molecule has 16 heavy (non-hydrogen) atoms. The molecule has 2 heterocycles. The Morgan fingerprint density at radius 2 is 2.38 bits per heavy atom. The zero-order valence-electron chi connectivity index (χ0n) is 9.54. The highest BCUT2D eigenvalue weighted by atomic mass is 32.1. The number of nitrogens with one attached hydrogen (secondary N) is 2. The van der Waals surface area contributed by atoms with Gasteiger partial charge in [-0.1, -0.05) is 0 Å². The summed E-state index contributed by atoms with van der Waals surface area (Å²) in [5, 5.41) is 9.12. The highest BCUT2D eigenvalue weighted by Gasteiger charge is 2.52. The van der Waals surface area contributed by atoms with Crippen LogP contribution >= 0.6 is 11.3 Å². The molecule has 2 N–H and O–H groups in total. The van der Waals surface area contributed by atoms with Crippen molar-refractivity contribution in [3.05, 3.63) is 16.6 Å². The van der Waals surface area contributed by atoms with Crippen molar-refractivity contribution in [1.29, 1.82) is 0 Å². The second-order valence-electron chi connectivity index (χ2n) is 5.12. The smallest absolute Gasteiger partial charge is 0.0795 e. The van der Waals surface area contributed by atoms with Gasteiger partial charge in [0, 0.05) is 11.9 Å². The van der Waals surface area contributed by atoms with Crippen LogP contribution in [0.15, 0.2) is 10.9 Å². The van der Waals surface area contributed by atoms with Crippen molar-refractivity contribution in [1.82, 2.24) is 15.6 Å². The lowest BCUT2D eigenvalue weighted by Gasteiger charge is -2.23. The molecule has 3 rings (SSSR count). The van der Waals surface area contributed by atoms with Gasteiger partial charge in [0.05, 0.1) is 11.2 Å². The molecular weight excluding hydrogens is 218 g/mol. The van der Waals surface area contributed by atoms with Gasteiger partial charge in [-0.05, 0) is 50.2 Å². The van der Waals surface area contributed by atoms with Gasteiger partial charge in [0.2, 0.25) is 0 Å². The molecule has 0 amide bonds. The lowest BCUT2D eigenvalue weighted by Crippen LogP contribution is -2.31. The molecule has 0 bridgehead atoms. The third-order valence-corrected chi connectivity index (χ3v) is 4.77. The van der Waals surface area contributed by atoms with Crippen molar-refractivity contribution in [2.45, 2.75) is 25.8 Å². The zero-order chi connectivity index (χ0) is 10.8. The summed E-state index contributed by atoms with van der Waals surface area (Å²) in [5.74, 6) is 0.924. The van der Waals surface area contributed by atoms with Gasteiger partial charge in [-0.25, -0.2) is 4.98 Å². The molecule has 1 aromatic heterocycles. The fourth-order valence-corrected chi connectivity index (χ4v) is 3.52. The molecule has 4 heteroatoms. The van der Waals surface area contributed by atoms with E-state index in [0.29, 0.717) is 5.41 Å². The minimum absolute atomic E-state index is 0.709. The van der Waals surface area contributed by atoms with Gasteiger partial charge in [-0.3, -0.25) is 0 Å². The summed E-state index contributed by atoms with van der Waals surface area (Å²) in [6.07, 6.45) is 4.21. The van der Waals surface area contributed by atoms with E-state index in [1.165, 1.54) is 44.6 Å². The number of thiazole rings is 1. The number of piperidine rings is 1. The van der Waals surface area contributed by atoms with E-state index in [-0.39, 0.29) is 0 Å². The van der Waals surface area contributed by atoms with Gasteiger partial charge in [-0.2, -0.15) is 0 Å². The Morgan fingerprint density at radius 1 is 1.50 bits per heavy atom. The molecule has 1 aliphatic carbocycles. The first kappa shape index (κ1) is 10.7. The Hall–Kier alpha value is -0.450. The second kappa shape index (κ2) is 4.43. The SMILES string of the molecule is c1nc(CNCC2CC23CCNCC3)cs1. The number of nitrogens with zero attached hydrogens (tertiary/aromatic N) is 1. The molecular formula is C12H19N3S. The van der Waals surface area contributed by atoms with Crippen molar-refractivity contribution in [2.24, 2.45) is 11.3 Å². The standard InChI is InChI=1S/C12H19N3S/c1-3-13-4-2-12(1)5-10(12)6-14-7-11-8-16-9-15-11/h8-10,13-14H,1-7H2. The summed E-state index contributed by atoms with van der Waals surface area (Å²) in [6.45, 7) is 4.57. The van der Waals surface area contributed by atoms with Crippen molar-refractivity contribution in [2.75, 3.05) is 19.6 Å². The van der Waals surface area contributed by atoms with E-state index < -0.39 is 0 Å².